The van der Waals surface area contributed by atoms with E-state index in [0.29, 0.717) is 19.6 Å². The van der Waals surface area contributed by atoms with Gasteiger partial charge in [-0.3, -0.25) is 9.69 Å². The number of nitrogens with zero attached hydrogens (tertiary/aromatic N) is 2. The lowest BCUT2D eigenvalue weighted by molar-refractivity contribution is -0.253. The fourth-order valence-electron chi connectivity index (χ4n) is 3.05. The van der Waals surface area contributed by atoms with Crippen LogP contribution in [0.4, 0.5) is 17.6 Å². The smallest absolute Gasteiger partial charge is 0.427 e. The van der Waals surface area contributed by atoms with E-state index < -0.39 is 24.2 Å². The summed E-state index contributed by atoms with van der Waals surface area (Å²) in [6.07, 6.45) is -7.92. The number of carbonyl (C=O) groups is 1. The van der Waals surface area contributed by atoms with Crippen molar-refractivity contribution in [2.45, 2.75) is 25.5 Å². The van der Waals surface area contributed by atoms with Crippen LogP contribution in [0.25, 0.3) is 0 Å². The van der Waals surface area contributed by atoms with E-state index >= 15 is 0 Å². The van der Waals surface area contributed by atoms with Crippen LogP contribution in [-0.2, 0) is 6.54 Å². The standard InChI is InChI=1S/C19H20F4N2O2S/c20-18(21)19(22,23)27-16-7-2-1-6-15(16)17(26)25-9-4-8-24(10-11-25)13-14-5-3-12-28-14/h1-3,5-7,12,18H,4,8-11,13H2. The van der Waals surface area contributed by atoms with Crippen molar-refractivity contribution in [1.29, 1.82) is 0 Å². The van der Waals surface area contributed by atoms with E-state index in [1.165, 1.54) is 23.1 Å². The molecule has 0 radical (unpaired) electrons. The number of amides is 1. The molecule has 0 bridgehead atoms. The van der Waals surface area contributed by atoms with Gasteiger partial charge in [-0.05, 0) is 30.0 Å². The van der Waals surface area contributed by atoms with Gasteiger partial charge >= 0.3 is 12.5 Å². The zero-order valence-corrected chi connectivity index (χ0v) is 15.8. The Morgan fingerprint density at radius 3 is 2.61 bits per heavy atom. The summed E-state index contributed by atoms with van der Waals surface area (Å²) in [6, 6.07) is 9.30. The minimum atomic E-state index is -4.66. The Labute approximate surface area is 164 Å². The first-order chi connectivity index (χ1) is 13.4. The fraction of sp³-hybridized carbons (Fsp3) is 0.421. The van der Waals surface area contributed by atoms with Gasteiger partial charge in [-0.2, -0.15) is 17.6 Å². The van der Waals surface area contributed by atoms with Crippen LogP contribution in [0, 0.1) is 0 Å². The molecular weight excluding hydrogens is 396 g/mol. The molecule has 1 aromatic heterocycles. The van der Waals surface area contributed by atoms with Crippen LogP contribution in [0.2, 0.25) is 0 Å². The van der Waals surface area contributed by atoms with Gasteiger partial charge in [0.25, 0.3) is 5.91 Å². The lowest BCUT2D eigenvalue weighted by Crippen LogP contribution is -2.37. The van der Waals surface area contributed by atoms with E-state index in [4.69, 9.17) is 0 Å². The fourth-order valence-corrected chi connectivity index (χ4v) is 3.80. The topological polar surface area (TPSA) is 32.8 Å². The molecule has 2 heterocycles. The average molecular weight is 416 g/mol. The van der Waals surface area contributed by atoms with Crippen molar-refractivity contribution in [1.82, 2.24) is 9.80 Å². The summed E-state index contributed by atoms with van der Waals surface area (Å²) in [5, 5.41) is 2.01. The number of halogens is 4. The zero-order chi connectivity index (χ0) is 20.1. The molecular formula is C19H20F4N2O2S. The lowest BCUT2D eigenvalue weighted by atomic mass is 10.1. The highest BCUT2D eigenvalue weighted by atomic mass is 32.1. The van der Waals surface area contributed by atoms with E-state index in [9.17, 15) is 22.4 Å². The first kappa shape index (κ1) is 20.6. The number of carbonyl (C=O) groups excluding carboxylic acids is 1. The maximum absolute atomic E-state index is 13.3. The van der Waals surface area contributed by atoms with Gasteiger partial charge in [0.2, 0.25) is 0 Å². The Kier molecular flexibility index (Phi) is 6.56. The Balaban J connectivity index is 1.68. The predicted molar refractivity (Wildman–Crippen MR) is 98.1 cm³/mol. The molecule has 9 heteroatoms. The number of alkyl halides is 4. The number of hydrogen-bond donors (Lipinski definition) is 0. The van der Waals surface area contributed by atoms with Gasteiger partial charge in [-0.1, -0.05) is 18.2 Å². The monoisotopic (exact) mass is 416 g/mol. The van der Waals surface area contributed by atoms with Gasteiger partial charge < -0.3 is 9.64 Å². The Hall–Kier alpha value is -2.13. The molecule has 2 aromatic rings. The number of thiophene rings is 1. The molecule has 0 saturated carbocycles. The maximum atomic E-state index is 13.3. The summed E-state index contributed by atoms with van der Waals surface area (Å²) in [4.78, 5) is 17.9. The highest BCUT2D eigenvalue weighted by Crippen LogP contribution is 2.30. The number of para-hydroxylation sites is 1. The van der Waals surface area contributed by atoms with Crippen molar-refractivity contribution in [3.63, 3.8) is 0 Å². The van der Waals surface area contributed by atoms with Crippen molar-refractivity contribution >= 4 is 17.2 Å². The summed E-state index contributed by atoms with van der Waals surface area (Å²) in [5.74, 6) is -1.05. The van der Waals surface area contributed by atoms with E-state index in [-0.39, 0.29) is 5.56 Å². The predicted octanol–water partition coefficient (Wildman–Crippen LogP) is 4.33. The molecule has 0 aliphatic carbocycles. The third-order valence-electron chi connectivity index (χ3n) is 4.45. The molecule has 1 aromatic carbocycles. The molecule has 1 amide bonds. The molecule has 1 aliphatic heterocycles. The number of hydrogen-bond acceptors (Lipinski definition) is 4. The largest absolute Gasteiger partial charge is 0.461 e. The second-order valence-corrected chi connectivity index (χ2v) is 7.49. The molecule has 3 rings (SSSR count). The van der Waals surface area contributed by atoms with Crippen LogP contribution in [0.1, 0.15) is 21.7 Å². The van der Waals surface area contributed by atoms with Crippen LogP contribution in [-0.4, -0.2) is 54.4 Å². The van der Waals surface area contributed by atoms with Gasteiger partial charge in [-0.15, -0.1) is 11.3 Å². The number of ether oxygens (including phenoxy) is 1. The average Bonchev–Trinajstić information content (AvgIpc) is 3.05. The van der Waals surface area contributed by atoms with Gasteiger partial charge in [0.1, 0.15) is 5.75 Å². The summed E-state index contributed by atoms with van der Waals surface area (Å²) in [6.45, 7) is 3.12. The molecule has 1 aliphatic rings. The summed E-state index contributed by atoms with van der Waals surface area (Å²) in [7, 11) is 0. The van der Waals surface area contributed by atoms with Crippen LogP contribution in [0.3, 0.4) is 0 Å². The molecule has 0 atom stereocenters. The van der Waals surface area contributed by atoms with Crippen LogP contribution in [0.15, 0.2) is 41.8 Å². The van der Waals surface area contributed by atoms with E-state index in [0.717, 1.165) is 25.6 Å². The highest BCUT2D eigenvalue weighted by Gasteiger charge is 2.44. The third kappa shape index (κ3) is 5.02. The first-order valence-corrected chi connectivity index (χ1v) is 9.73. The summed E-state index contributed by atoms with van der Waals surface area (Å²) < 4.78 is 55.7. The van der Waals surface area contributed by atoms with Crippen LogP contribution in [0.5, 0.6) is 5.75 Å². The molecule has 1 fully saturated rings. The van der Waals surface area contributed by atoms with Crippen molar-refractivity contribution in [2.24, 2.45) is 0 Å². The molecule has 4 nitrogen and oxygen atoms in total. The third-order valence-corrected chi connectivity index (χ3v) is 5.31. The lowest BCUT2D eigenvalue weighted by Gasteiger charge is -2.24. The molecule has 1 saturated heterocycles. The van der Waals surface area contributed by atoms with Crippen molar-refractivity contribution < 1.29 is 27.1 Å². The Bertz CT molecular complexity index is 786. The minimum absolute atomic E-state index is 0.144. The van der Waals surface area contributed by atoms with Gasteiger partial charge in [0.05, 0.1) is 5.56 Å². The first-order valence-electron chi connectivity index (χ1n) is 8.85. The van der Waals surface area contributed by atoms with Crippen LogP contribution < -0.4 is 4.74 Å². The molecule has 28 heavy (non-hydrogen) atoms. The van der Waals surface area contributed by atoms with Crippen LogP contribution >= 0.6 is 11.3 Å². The quantitative estimate of drug-likeness (QED) is 0.657. The minimum Gasteiger partial charge on any atom is -0.427 e. The number of benzene rings is 1. The van der Waals surface area contributed by atoms with Gasteiger partial charge in [0.15, 0.2) is 0 Å². The van der Waals surface area contributed by atoms with Crippen molar-refractivity contribution in [3.8, 4) is 5.75 Å². The van der Waals surface area contributed by atoms with E-state index in [1.807, 2.05) is 11.4 Å². The molecule has 152 valence electrons. The second kappa shape index (κ2) is 8.91. The van der Waals surface area contributed by atoms with Crippen molar-refractivity contribution in [3.05, 3.63) is 52.2 Å². The van der Waals surface area contributed by atoms with E-state index in [2.05, 4.69) is 15.7 Å². The molecule has 0 spiro atoms. The Morgan fingerprint density at radius 2 is 1.89 bits per heavy atom. The Morgan fingerprint density at radius 1 is 1.11 bits per heavy atom. The SMILES string of the molecule is O=C(c1ccccc1OC(F)(F)C(F)F)N1CCCN(Cc2cccs2)CC1. The zero-order valence-electron chi connectivity index (χ0n) is 15.0. The summed E-state index contributed by atoms with van der Waals surface area (Å²) in [5.41, 5.74) is -0.144. The van der Waals surface area contributed by atoms with Gasteiger partial charge in [0, 0.05) is 37.6 Å². The highest BCUT2D eigenvalue weighted by molar-refractivity contribution is 7.09. The molecule has 0 unspecified atom stereocenters. The number of rotatable bonds is 6. The maximum Gasteiger partial charge on any atom is 0.461 e. The van der Waals surface area contributed by atoms with Crippen molar-refractivity contribution in [2.75, 3.05) is 26.2 Å². The van der Waals surface area contributed by atoms with E-state index in [1.54, 1.807) is 16.2 Å². The van der Waals surface area contributed by atoms with Gasteiger partial charge in [-0.25, -0.2) is 0 Å². The second-order valence-electron chi connectivity index (χ2n) is 6.46. The summed E-state index contributed by atoms with van der Waals surface area (Å²) >= 11 is 1.67. The molecule has 0 N–H and O–H groups in total. The normalized spacial score (nSPS) is 16.2.